The van der Waals surface area contributed by atoms with E-state index in [1.807, 2.05) is 6.07 Å². The molecule has 0 aliphatic carbocycles. The average Bonchev–Trinajstić information content (AvgIpc) is 2.46. The second kappa shape index (κ2) is 8.26. The minimum atomic E-state index is -0.442. The zero-order valence-corrected chi connectivity index (χ0v) is 14.5. The molecular weight excluding hydrogens is 374 g/mol. The Balaban J connectivity index is 1.90. The monoisotopic (exact) mass is 389 g/mol. The summed E-state index contributed by atoms with van der Waals surface area (Å²) in [4.78, 5) is 34.9. The van der Waals surface area contributed by atoms with Gasteiger partial charge in [-0.25, -0.2) is 0 Å². The van der Waals surface area contributed by atoms with E-state index >= 15 is 0 Å². The van der Waals surface area contributed by atoms with Crippen molar-refractivity contribution < 1.29 is 14.4 Å². The van der Waals surface area contributed by atoms with Crippen LogP contribution >= 0.6 is 15.9 Å². The fourth-order valence-corrected chi connectivity index (χ4v) is 2.40. The molecule has 0 aliphatic heterocycles. The van der Waals surface area contributed by atoms with E-state index in [-0.39, 0.29) is 12.3 Å². The predicted octanol–water partition coefficient (Wildman–Crippen LogP) is 3.37. The predicted molar refractivity (Wildman–Crippen MR) is 96.8 cm³/mol. The van der Waals surface area contributed by atoms with E-state index in [9.17, 15) is 14.4 Å². The molecule has 6 nitrogen and oxygen atoms in total. The molecule has 2 rings (SSSR count). The van der Waals surface area contributed by atoms with Gasteiger partial charge in [0.15, 0.2) is 0 Å². The Labute approximate surface area is 147 Å². The van der Waals surface area contributed by atoms with Gasteiger partial charge in [-0.1, -0.05) is 28.1 Å². The fourth-order valence-electron chi connectivity index (χ4n) is 2.00. The van der Waals surface area contributed by atoms with Gasteiger partial charge in [-0.2, -0.15) is 0 Å². The van der Waals surface area contributed by atoms with Crippen molar-refractivity contribution in [2.45, 2.75) is 13.3 Å². The SMILES string of the molecule is CC(=O)Nc1cccc(NC(=O)CC(=O)Nc2cccc(Br)c2)c1. The van der Waals surface area contributed by atoms with Gasteiger partial charge in [0.2, 0.25) is 17.7 Å². The minimum Gasteiger partial charge on any atom is -0.326 e. The summed E-state index contributed by atoms with van der Waals surface area (Å²) in [5.41, 5.74) is 1.68. The topological polar surface area (TPSA) is 87.3 Å². The van der Waals surface area contributed by atoms with Gasteiger partial charge in [0.1, 0.15) is 6.42 Å². The first-order valence-corrected chi connectivity index (χ1v) is 7.94. The van der Waals surface area contributed by atoms with E-state index in [2.05, 4.69) is 31.9 Å². The van der Waals surface area contributed by atoms with Gasteiger partial charge in [-0.3, -0.25) is 14.4 Å². The smallest absolute Gasteiger partial charge is 0.233 e. The third-order valence-electron chi connectivity index (χ3n) is 2.90. The quantitative estimate of drug-likeness (QED) is 0.684. The van der Waals surface area contributed by atoms with Gasteiger partial charge in [0.05, 0.1) is 0 Å². The molecule has 2 aromatic rings. The highest BCUT2D eigenvalue weighted by molar-refractivity contribution is 9.10. The zero-order chi connectivity index (χ0) is 17.5. The van der Waals surface area contributed by atoms with E-state index in [4.69, 9.17) is 0 Å². The summed E-state index contributed by atoms with van der Waals surface area (Å²) in [6.45, 7) is 1.40. The Kier molecular flexibility index (Phi) is 6.08. The molecular formula is C17H16BrN3O3. The number of carbonyl (C=O) groups excluding carboxylic acids is 3. The van der Waals surface area contributed by atoms with Gasteiger partial charge in [0, 0.05) is 28.5 Å². The van der Waals surface area contributed by atoms with Gasteiger partial charge in [0.25, 0.3) is 0 Å². The Morgan fingerprint density at radius 3 is 1.88 bits per heavy atom. The van der Waals surface area contributed by atoms with Gasteiger partial charge >= 0.3 is 0 Å². The zero-order valence-electron chi connectivity index (χ0n) is 12.9. The van der Waals surface area contributed by atoms with E-state index < -0.39 is 11.8 Å². The number of amides is 3. The van der Waals surface area contributed by atoms with Crippen LogP contribution in [0.15, 0.2) is 53.0 Å². The van der Waals surface area contributed by atoms with Crippen LogP contribution in [0.4, 0.5) is 17.1 Å². The molecule has 0 spiro atoms. The van der Waals surface area contributed by atoms with Crippen LogP contribution in [0.3, 0.4) is 0 Å². The summed E-state index contributed by atoms with van der Waals surface area (Å²) in [5.74, 6) is -1.06. The first kappa shape index (κ1) is 17.7. The molecule has 24 heavy (non-hydrogen) atoms. The highest BCUT2D eigenvalue weighted by Crippen LogP contribution is 2.17. The molecule has 0 aromatic heterocycles. The third-order valence-corrected chi connectivity index (χ3v) is 3.39. The van der Waals surface area contributed by atoms with Crippen LogP contribution in [0.25, 0.3) is 0 Å². The first-order valence-electron chi connectivity index (χ1n) is 7.15. The van der Waals surface area contributed by atoms with Crippen molar-refractivity contribution in [2.75, 3.05) is 16.0 Å². The number of anilines is 3. The maximum Gasteiger partial charge on any atom is 0.233 e. The van der Waals surface area contributed by atoms with Crippen LogP contribution in [-0.4, -0.2) is 17.7 Å². The van der Waals surface area contributed by atoms with E-state index in [1.54, 1.807) is 42.5 Å². The van der Waals surface area contributed by atoms with Crippen molar-refractivity contribution in [3.8, 4) is 0 Å². The molecule has 124 valence electrons. The Hall–Kier alpha value is -2.67. The maximum absolute atomic E-state index is 11.9. The van der Waals surface area contributed by atoms with Crippen molar-refractivity contribution in [3.05, 3.63) is 53.0 Å². The minimum absolute atomic E-state index is 0.202. The van der Waals surface area contributed by atoms with Crippen LogP contribution in [0, 0.1) is 0 Å². The van der Waals surface area contributed by atoms with Crippen molar-refractivity contribution >= 4 is 50.7 Å². The van der Waals surface area contributed by atoms with Crippen LogP contribution in [0.2, 0.25) is 0 Å². The summed E-state index contributed by atoms with van der Waals surface area (Å²) in [6.07, 6.45) is -0.309. The Morgan fingerprint density at radius 1 is 0.833 bits per heavy atom. The molecule has 3 amide bonds. The molecule has 7 heteroatoms. The summed E-state index contributed by atoms with van der Waals surface area (Å²) in [6, 6.07) is 13.8. The number of hydrogen-bond acceptors (Lipinski definition) is 3. The number of nitrogens with one attached hydrogen (secondary N) is 3. The second-order valence-electron chi connectivity index (χ2n) is 5.05. The van der Waals surface area contributed by atoms with Crippen molar-refractivity contribution in [1.82, 2.24) is 0 Å². The van der Waals surface area contributed by atoms with E-state index in [0.29, 0.717) is 17.1 Å². The molecule has 0 atom stereocenters. The molecule has 0 saturated carbocycles. The standard InChI is InChI=1S/C17H16BrN3O3/c1-11(22)19-14-6-3-7-15(9-14)21-17(24)10-16(23)20-13-5-2-4-12(18)8-13/h2-9H,10H2,1H3,(H,19,22)(H,20,23)(H,21,24). The lowest BCUT2D eigenvalue weighted by Gasteiger charge is -2.08. The molecule has 0 aliphatic rings. The Bertz CT molecular complexity index is 777. The molecule has 0 unspecified atom stereocenters. The van der Waals surface area contributed by atoms with E-state index in [0.717, 1.165) is 4.47 Å². The highest BCUT2D eigenvalue weighted by Gasteiger charge is 2.10. The average molecular weight is 390 g/mol. The van der Waals surface area contributed by atoms with E-state index in [1.165, 1.54) is 6.92 Å². The van der Waals surface area contributed by atoms with Gasteiger partial charge in [-0.05, 0) is 36.4 Å². The van der Waals surface area contributed by atoms with Crippen LogP contribution in [0.5, 0.6) is 0 Å². The van der Waals surface area contributed by atoms with Crippen LogP contribution in [0.1, 0.15) is 13.3 Å². The van der Waals surface area contributed by atoms with Crippen molar-refractivity contribution in [1.29, 1.82) is 0 Å². The molecule has 0 fully saturated rings. The number of hydrogen-bond donors (Lipinski definition) is 3. The molecule has 0 bridgehead atoms. The lowest BCUT2D eigenvalue weighted by atomic mass is 10.2. The Morgan fingerprint density at radius 2 is 1.33 bits per heavy atom. The summed E-state index contributed by atoms with van der Waals surface area (Å²) < 4.78 is 0.833. The number of benzene rings is 2. The number of rotatable bonds is 5. The third kappa shape index (κ3) is 5.85. The van der Waals surface area contributed by atoms with Crippen molar-refractivity contribution in [3.63, 3.8) is 0 Å². The largest absolute Gasteiger partial charge is 0.326 e. The van der Waals surface area contributed by atoms with Gasteiger partial charge in [-0.15, -0.1) is 0 Å². The molecule has 0 radical (unpaired) electrons. The molecule has 0 saturated heterocycles. The molecule has 2 aromatic carbocycles. The first-order chi connectivity index (χ1) is 11.4. The van der Waals surface area contributed by atoms with Crippen LogP contribution in [-0.2, 0) is 14.4 Å². The molecule has 3 N–H and O–H groups in total. The van der Waals surface area contributed by atoms with Gasteiger partial charge < -0.3 is 16.0 Å². The summed E-state index contributed by atoms with van der Waals surface area (Å²) in [7, 11) is 0. The lowest BCUT2D eigenvalue weighted by Crippen LogP contribution is -2.21. The highest BCUT2D eigenvalue weighted by atomic mass is 79.9. The van der Waals surface area contributed by atoms with Crippen LogP contribution < -0.4 is 16.0 Å². The second-order valence-corrected chi connectivity index (χ2v) is 5.96. The lowest BCUT2D eigenvalue weighted by molar-refractivity contribution is -0.123. The molecule has 0 heterocycles. The van der Waals surface area contributed by atoms with Crippen molar-refractivity contribution in [2.24, 2.45) is 0 Å². The normalized spacial score (nSPS) is 9.92. The summed E-state index contributed by atoms with van der Waals surface area (Å²) in [5, 5.41) is 7.90. The number of carbonyl (C=O) groups is 3. The summed E-state index contributed by atoms with van der Waals surface area (Å²) >= 11 is 3.31. The fraction of sp³-hybridized carbons (Fsp3) is 0.118. The maximum atomic E-state index is 11.9. The number of halogens is 1.